The SMILES string of the molecule is CC1CN(C(N)=NC2CC(c3ccc(Cl)c(Cl)c3)C2)CCO1. The molecular formula is C16H21Cl2N3O. The Kier molecular flexibility index (Phi) is 4.81. The Morgan fingerprint density at radius 1 is 1.32 bits per heavy atom. The third kappa shape index (κ3) is 3.50. The molecule has 3 rings (SSSR count). The first-order valence-corrected chi connectivity index (χ1v) is 8.43. The fourth-order valence-corrected chi connectivity index (χ4v) is 3.33. The van der Waals surface area contributed by atoms with Crippen LogP contribution in [0.3, 0.4) is 0 Å². The molecule has 1 atom stereocenters. The predicted octanol–water partition coefficient (Wildman–Crippen LogP) is 3.27. The molecule has 1 aliphatic heterocycles. The molecule has 2 aliphatic rings. The first-order valence-electron chi connectivity index (χ1n) is 7.67. The van der Waals surface area contributed by atoms with Crippen LogP contribution in [0.1, 0.15) is 31.2 Å². The van der Waals surface area contributed by atoms with Gasteiger partial charge in [-0.05, 0) is 43.4 Å². The van der Waals surface area contributed by atoms with E-state index in [0.29, 0.717) is 34.6 Å². The van der Waals surface area contributed by atoms with Crippen LogP contribution in [0, 0.1) is 0 Å². The van der Waals surface area contributed by atoms with E-state index in [9.17, 15) is 0 Å². The quantitative estimate of drug-likeness (QED) is 0.663. The number of ether oxygens (including phenoxy) is 1. The van der Waals surface area contributed by atoms with Gasteiger partial charge in [0.15, 0.2) is 5.96 Å². The Bertz CT molecular complexity index is 573. The van der Waals surface area contributed by atoms with E-state index in [1.165, 1.54) is 5.56 Å². The fourth-order valence-electron chi connectivity index (χ4n) is 3.03. The molecule has 0 aromatic heterocycles. The zero-order chi connectivity index (χ0) is 15.7. The van der Waals surface area contributed by atoms with E-state index in [2.05, 4.69) is 16.8 Å². The van der Waals surface area contributed by atoms with Gasteiger partial charge < -0.3 is 15.4 Å². The zero-order valence-corrected chi connectivity index (χ0v) is 14.1. The van der Waals surface area contributed by atoms with E-state index in [1.54, 1.807) is 0 Å². The topological polar surface area (TPSA) is 50.8 Å². The van der Waals surface area contributed by atoms with Crippen molar-refractivity contribution in [2.24, 2.45) is 10.7 Å². The third-order valence-electron chi connectivity index (χ3n) is 4.41. The molecule has 120 valence electrons. The summed E-state index contributed by atoms with van der Waals surface area (Å²) < 4.78 is 5.52. The molecule has 2 N–H and O–H groups in total. The highest BCUT2D eigenvalue weighted by atomic mass is 35.5. The lowest BCUT2D eigenvalue weighted by Gasteiger charge is -2.36. The normalized spacial score (nSPS) is 29.3. The molecule has 1 unspecified atom stereocenters. The van der Waals surface area contributed by atoms with Crippen molar-refractivity contribution in [3.63, 3.8) is 0 Å². The van der Waals surface area contributed by atoms with Gasteiger partial charge in [-0.25, -0.2) is 4.99 Å². The molecule has 1 aromatic carbocycles. The van der Waals surface area contributed by atoms with Crippen LogP contribution in [0.15, 0.2) is 23.2 Å². The molecule has 6 heteroatoms. The van der Waals surface area contributed by atoms with Gasteiger partial charge in [-0.15, -0.1) is 0 Å². The van der Waals surface area contributed by atoms with Crippen LogP contribution in [0.2, 0.25) is 10.0 Å². The van der Waals surface area contributed by atoms with Gasteiger partial charge in [-0.1, -0.05) is 29.3 Å². The number of guanidine groups is 1. The van der Waals surface area contributed by atoms with Gasteiger partial charge in [0.05, 0.1) is 28.8 Å². The average Bonchev–Trinajstić information content (AvgIpc) is 2.45. The van der Waals surface area contributed by atoms with Gasteiger partial charge >= 0.3 is 0 Å². The van der Waals surface area contributed by atoms with Crippen LogP contribution in [0.4, 0.5) is 0 Å². The fraction of sp³-hybridized carbons (Fsp3) is 0.562. The van der Waals surface area contributed by atoms with Gasteiger partial charge in [-0.3, -0.25) is 0 Å². The summed E-state index contributed by atoms with van der Waals surface area (Å²) in [6.45, 7) is 4.41. The molecule has 1 saturated carbocycles. The molecule has 0 bridgehead atoms. The molecule has 0 radical (unpaired) electrons. The maximum absolute atomic E-state index is 6.13. The van der Waals surface area contributed by atoms with Crippen molar-refractivity contribution in [3.8, 4) is 0 Å². The summed E-state index contributed by atoms with van der Waals surface area (Å²) in [5, 5.41) is 1.22. The summed E-state index contributed by atoms with van der Waals surface area (Å²) in [4.78, 5) is 6.77. The Balaban J connectivity index is 1.56. The Morgan fingerprint density at radius 3 is 2.77 bits per heavy atom. The smallest absolute Gasteiger partial charge is 0.191 e. The number of hydrogen-bond acceptors (Lipinski definition) is 2. The van der Waals surface area contributed by atoms with Crippen LogP contribution in [0.5, 0.6) is 0 Å². The molecular weight excluding hydrogens is 321 g/mol. The Hall–Kier alpha value is -0.970. The number of benzene rings is 1. The third-order valence-corrected chi connectivity index (χ3v) is 5.15. The van der Waals surface area contributed by atoms with Gasteiger partial charge in [0, 0.05) is 13.1 Å². The van der Waals surface area contributed by atoms with Gasteiger partial charge in [0.1, 0.15) is 0 Å². The van der Waals surface area contributed by atoms with Gasteiger partial charge in [0.25, 0.3) is 0 Å². The summed E-state index contributed by atoms with van der Waals surface area (Å²) in [6.07, 6.45) is 2.24. The van der Waals surface area contributed by atoms with E-state index in [0.717, 1.165) is 25.9 Å². The van der Waals surface area contributed by atoms with Crippen LogP contribution in [-0.4, -0.2) is 42.7 Å². The van der Waals surface area contributed by atoms with Crippen molar-refractivity contribution in [3.05, 3.63) is 33.8 Å². The molecule has 1 aliphatic carbocycles. The molecule has 0 amide bonds. The van der Waals surface area contributed by atoms with E-state index < -0.39 is 0 Å². The average molecular weight is 342 g/mol. The molecule has 2 fully saturated rings. The monoisotopic (exact) mass is 341 g/mol. The first kappa shape index (κ1) is 15.9. The van der Waals surface area contributed by atoms with Crippen molar-refractivity contribution >= 4 is 29.2 Å². The molecule has 1 saturated heterocycles. The number of hydrogen-bond donors (Lipinski definition) is 1. The van der Waals surface area contributed by atoms with Crippen LogP contribution in [0.25, 0.3) is 0 Å². The maximum atomic E-state index is 6.13. The summed E-state index contributed by atoms with van der Waals surface area (Å²) in [5.74, 6) is 1.15. The summed E-state index contributed by atoms with van der Waals surface area (Å²) in [5.41, 5.74) is 7.37. The summed E-state index contributed by atoms with van der Waals surface area (Å²) in [6, 6.07) is 6.17. The van der Waals surface area contributed by atoms with Crippen molar-refractivity contribution < 1.29 is 4.74 Å². The number of morpholine rings is 1. The van der Waals surface area contributed by atoms with Gasteiger partial charge in [-0.2, -0.15) is 0 Å². The molecule has 0 spiro atoms. The molecule has 1 aromatic rings. The summed E-state index contributed by atoms with van der Waals surface area (Å²) in [7, 11) is 0. The standard InChI is InChI=1S/C16H21Cl2N3O/c1-10-9-21(4-5-22-10)16(19)20-13-6-12(7-13)11-2-3-14(17)15(18)8-11/h2-3,8,10,12-13H,4-7,9H2,1H3,(H2,19,20). The van der Waals surface area contributed by atoms with Crippen LogP contribution >= 0.6 is 23.2 Å². The highest BCUT2D eigenvalue weighted by Gasteiger charge is 2.31. The first-order chi connectivity index (χ1) is 10.5. The summed E-state index contributed by atoms with van der Waals surface area (Å²) >= 11 is 12.0. The zero-order valence-electron chi connectivity index (χ0n) is 12.6. The van der Waals surface area contributed by atoms with Crippen LogP contribution in [-0.2, 0) is 4.74 Å². The largest absolute Gasteiger partial charge is 0.375 e. The minimum atomic E-state index is 0.216. The second-order valence-corrected chi connectivity index (χ2v) is 6.92. The van der Waals surface area contributed by atoms with E-state index in [4.69, 9.17) is 33.7 Å². The van der Waals surface area contributed by atoms with E-state index >= 15 is 0 Å². The van der Waals surface area contributed by atoms with Crippen LogP contribution < -0.4 is 5.73 Å². The Labute approximate surface area is 141 Å². The number of nitrogens with zero attached hydrogens (tertiary/aromatic N) is 2. The number of nitrogens with two attached hydrogens (primary N) is 1. The van der Waals surface area contributed by atoms with Crippen molar-refractivity contribution in [1.82, 2.24) is 4.90 Å². The molecule has 4 nitrogen and oxygen atoms in total. The Morgan fingerprint density at radius 2 is 2.09 bits per heavy atom. The lowest BCUT2D eigenvalue weighted by molar-refractivity contribution is 0.00512. The van der Waals surface area contributed by atoms with Gasteiger partial charge in [0.2, 0.25) is 0 Å². The minimum absolute atomic E-state index is 0.216. The van der Waals surface area contributed by atoms with Crippen molar-refractivity contribution in [1.29, 1.82) is 0 Å². The lowest BCUT2D eigenvalue weighted by Crippen LogP contribution is -2.48. The van der Waals surface area contributed by atoms with Crippen molar-refractivity contribution in [2.45, 2.75) is 37.8 Å². The highest BCUT2D eigenvalue weighted by Crippen LogP contribution is 2.40. The minimum Gasteiger partial charge on any atom is -0.375 e. The van der Waals surface area contributed by atoms with Crippen molar-refractivity contribution in [2.75, 3.05) is 19.7 Å². The van der Waals surface area contributed by atoms with E-state index in [1.807, 2.05) is 18.2 Å². The second-order valence-electron chi connectivity index (χ2n) is 6.11. The highest BCUT2D eigenvalue weighted by molar-refractivity contribution is 6.42. The molecule has 22 heavy (non-hydrogen) atoms. The maximum Gasteiger partial charge on any atom is 0.191 e. The number of aliphatic imine (C=N–C) groups is 1. The lowest BCUT2D eigenvalue weighted by atomic mass is 9.76. The number of halogens is 2. The van der Waals surface area contributed by atoms with E-state index in [-0.39, 0.29) is 6.10 Å². The second kappa shape index (κ2) is 6.65. The predicted molar refractivity (Wildman–Crippen MR) is 90.8 cm³/mol. The molecule has 1 heterocycles. The number of rotatable bonds is 2.